The third-order valence-corrected chi connectivity index (χ3v) is 5.43. The van der Waals surface area contributed by atoms with Gasteiger partial charge >= 0.3 is 0 Å². The number of carbonyl (C=O) groups excluding carboxylic acids is 2. The normalized spacial score (nSPS) is 20.1. The summed E-state index contributed by atoms with van der Waals surface area (Å²) < 4.78 is 7.59. The predicted molar refractivity (Wildman–Crippen MR) is 99.6 cm³/mol. The van der Waals surface area contributed by atoms with Crippen LogP contribution in [0.5, 0.6) is 0 Å². The fraction of sp³-hybridized carbons (Fsp3) is 0.350. The minimum absolute atomic E-state index is 0.0872. The second-order valence-corrected chi connectivity index (χ2v) is 7.17. The fourth-order valence-corrected chi connectivity index (χ4v) is 3.97. The maximum absolute atomic E-state index is 12.8. The number of amides is 2. The molecule has 0 saturated carbocycles. The van der Waals surface area contributed by atoms with Gasteiger partial charge in [0.15, 0.2) is 5.76 Å². The van der Waals surface area contributed by atoms with Crippen LogP contribution < -0.4 is 4.90 Å². The van der Waals surface area contributed by atoms with Crippen LogP contribution >= 0.6 is 0 Å². The molecule has 4 heterocycles. The van der Waals surface area contributed by atoms with Gasteiger partial charge < -0.3 is 14.2 Å². The van der Waals surface area contributed by atoms with Gasteiger partial charge in [-0.1, -0.05) is 18.2 Å². The van der Waals surface area contributed by atoms with Crippen molar-refractivity contribution in [1.82, 2.24) is 14.7 Å². The molecule has 0 aliphatic carbocycles. The van der Waals surface area contributed by atoms with E-state index in [1.165, 1.54) is 0 Å². The van der Waals surface area contributed by atoms with Crippen molar-refractivity contribution in [3.8, 4) is 0 Å². The molecule has 5 rings (SSSR count). The minimum Gasteiger partial charge on any atom is -0.451 e. The summed E-state index contributed by atoms with van der Waals surface area (Å²) >= 11 is 0. The van der Waals surface area contributed by atoms with Crippen molar-refractivity contribution in [3.63, 3.8) is 0 Å². The van der Waals surface area contributed by atoms with E-state index in [2.05, 4.69) is 5.10 Å². The Hall–Kier alpha value is -3.09. The number of benzene rings is 1. The molecule has 1 atom stereocenters. The number of rotatable bonds is 3. The highest BCUT2D eigenvalue weighted by Crippen LogP contribution is 2.28. The topological polar surface area (TPSA) is 71.6 Å². The zero-order chi connectivity index (χ0) is 18.4. The molecule has 2 fully saturated rings. The zero-order valence-corrected chi connectivity index (χ0v) is 14.9. The summed E-state index contributed by atoms with van der Waals surface area (Å²) in [5.74, 6) is 0.444. The lowest BCUT2D eigenvalue weighted by Crippen LogP contribution is -2.28. The SMILES string of the molecule is O=C(c1cc2ccccc2o1)N1CCC(n2cc(N3CCCC3=O)cn2)C1. The number of para-hydroxylation sites is 1. The first-order valence-electron chi connectivity index (χ1n) is 9.31. The number of nitrogens with zero attached hydrogens (tertiary/aromatic N) is 4. The molecule has 1 aromatic carbocycles. The third-order valence-electron chi connectivity index (χ3n) is 5.43. The van der Waals surface area contributed by atoms with Gasteiger partial charge in [0.1, 0.15) is 5.58 Å². The summed E-state index contributed by atoms with van der Waals surface area (Å²) in [4.78, 5) is 28.3. The third kappa shape index (κ3) is 2.79. The number of likely N-dealkylation sites (tertiary alicyclic amines) is 1. The van der Waals surface area contributed by atoms with Crippen LogP contribution in [0.1, 0.15) is 35.9 Å². The maximum Gasteiger partial charge on any atom is 0.289 e. The molecule has 138 valence electrons. The molecule has 2 saturated heterocycles. The van der Waals surface area contributed by atoms with Crippen LogP contribution in [0.15, 0.2) is 47.1 Å². The van der Waals surface area contributed by atoms with Crippen molar-refractivity contribution >= 4 is 28.5 Å². The van der Waals surface area contributed by atoms with E-state index in [9.17, 15) is 9.59 Å². The molecule has 2 aliphatic rings. The summed E-state index contributed by atoms with van der Waals surface area (Å²) in [5, 5.41) is 5.37. The summed E-state index contributed by atoms with van der Waals surface area (Å²) in [7, 11) is 0. The lowest BCUT2D eigenvalue weighted by atomic mass is 10.2. The Morgan fingerprint density at radius 1 is 1.22 bits per heavy atom. The van der Waals surface area contributed by atoms with Gasteiger partial charge in [0.05, 0.1) is 17.9 Å². The van der Waals surface area contributed by atoms with E-state index in [1.54, 1.807) is 17.2 Å². The van der Waals surface area contributed by atoms with Crippen molar-refractivity contribution in [2.24, 2.45) is 0 Å². The van der Waals surface area contributed by atoms with Crippen LogP contribution in [0, 0.1) is 0 Å². The van der Waals surface area contributed by atoms with Gasteiger partial charge in [0, 0.05) is 37.6 Å². The number of aromatic nitrogens is 2. The predicted octanol–water partition coefficient (Wildman–Crippen LogP) is 2.84. The number of furan rings is 1. The van der Waals surface area contributed by atoms with Crippen LogP contribution in [-0.4, -0.2) is 46.1 Å². The number of hydrogen-bond acceptors (Lipinski definition) is 4. The quantitative estimate of drug-likeness (QED) is 0.716. The minimum atomic E-state index is -0.0872. The maximum atomic E-state index is 12.8. The number of carbonyl (C=O) groups is 2. The molecule has 27 heavy (non-hydrogen) atoms. The lowest BCUT2D eigenvalue weighted by Gasteiger charge is -2.15. The van der Waals surface area contributed by atoms with Gasteiger partial charge in [-0.25, -0.2) is 0 Å². The van der Waals surface area contributed by atoms with Gasteiger partial charge in [0.2, 0.25) is 5.91 Å². The summed E-state index contributed by atoms with van der Waals surface area (Å²) in [6, 6.07) is 9.54. The van der Waals surface area contributed by atoms with Gasteiger partial charge in [0.25, 0.3) is 5.91 Å². The zero-order valence-electron chi connectivity index (χ0n) is 14.9. The molecule has 7 nitrogen and oxygen atoms in total. The van der Waals surface area contributed by atoms with Gasteiger partial charge in [-0.05, 0) is 25.0 Å². The summed E-state index contributed by atoms with van der Waals surface area (Å²) in [6.45, 7) is 2.01. The van der Waals surface area contributed by atoms with Crippen molar-refractivity contribution in [1.29, 1.82) is 0 Å². The number of anilines is 1. The first-order valence-corrected chi connectivity index (χ1v) is 9.31. The van der Waals surface area contributed by atoms with E-state index < -0.39 is 0 Å². The smallest absolute Gasteiger partial charge is 0.289 e. The second kappa shape index (κ2) is 6.26. The Labute approximate surface area is 156 Å². The highest BCUT2D eigenvalue weighted by Gasteiger charge is 2.31. The Morgan fingerprint density at radius 2 is 2.11 bits per heavy atom. The molecule has 1 unspecified atom stereocenters. The average molecular weight is 364 g/mol. The van der Waals surface area contributed by atoms with E-state index in [-0.39, 0.29) is 17.9 Å². The Balaban J connectivity index is 1.30. The molecule has 2 aliphatic heterocycles. The van der Waals surface area contributed by atoms with Crippen molar-refractivity contribution in [2.75, 3.05) is 24.5 Å². The molecular formula is C20H20N4O3. The van der Waals surface area contributed by atoms with E-state index in [0.29, 0.717) is 25.3 Å². The van der Waals surface area contributed by atoms with E-state index in [4.69, 9.17) is 4.42 Å². The summed E-state index contributed by atoms with van der Waals surface area (Å²) in [6.07, 6.45) is 6.00. The van der Waals surface area contributed by atoms with Crippen molar-refractivity contribution in [2.45, 2.75) is 25.3 Å². The van der Waals surface area contributed by atoms with Gasteiger partial charge in [-0.2, -0.15) is 5.10 Å². The molecule has 0 bridgehead atoms. The molecule has 2 aromatic heterocycles. The van der Waals surface area contributed by atoms with Crippen molar-refractivity contribution < 1.29 is 14.0 Å². The second-order valence-electron chi connectivity index (χ2n) is 7.17. The first kappa shape index (κ1) is 16.1. The standard InChI is InChI=1S/C20H20N4O3/c25-19-6-3-8-23(19)16-11-21-24(13-16)15-7-9-22(12-15)20(26)18-10-14-4-1-2-5-17(14)27-18/h1-2,4-5,10-11,13,15H,3,6-9,12H2. The first-order chi connectivity index (χ1) is 13.2. The lowest BCUT2D eigenvalue weighted by molar-refractivity contribution is -0.117. The average Bonchev–Trinajstić information content (AvgIpc) is 3.44. The van der Waals surface area contributed by atoms with E-state index in [1.807, 2.05) is 40.0 Å². The largest absolute Gasteiger partial charge is 0.451 e. The Bertz CT molecular complexity index is 988. The van der Waals surface area contributed by atoms with E-state index in [0.717, 1.165) is 36.0 Å². The summed E-state index contributed by atoms with van der Waals surface area (Å²) in [5.41, 5.74) is 1.57. The van der Waals surface area contributed by atoms with Crippen LogP contribution in [0.25, 0.3) is 11.0 Å². The number of hydrogen-bond donors (Lipinski definition) is 0. The van der Waals surface area contributed by atoms with Crippen LogP contribution in [-0.2, 0) is 4.79 Å². The fourth-order valence-electron chi connectivity index (χ4n) is 3.97. The Morgan fingerprint density at radius 3 is 2.93 bits per heavy atom. The molecule has 0 radical (unpaired) electrons. The Kier molecular flexibility index (Phi) is 3.74. The monoisotopic (exact) mass is 364 g/mol. The molecule has 3 aromatic rings. The van der Waals surface area contributed by atoms with Crippen LogP contribution in [0.2, 0.25) is 0 Å². The number of fused-ring (bicyclic) bond motifs is 1. The molecule has 0 spiro atoms. The van der Waals surface area contributed by atoms with Gasteiger partial charge in [-0.3, -0.25) is 14.3 Å². The highest BCUT2D eigenvalue weighted by atomic mass is 16.3. The van der Waals surface area contributed by atoms with Crippen molar-refractivity contribution in [3.05, 3.63) is 48.5 Å². The van der Waals surface area contributed by atoms with Crippen LogP contribution in [0.4, 0.5) is 5.69 Å². The molecule has 2 amide bonds. The van der Waals surface area contributed by atoms with Crippen LogP contribution in [0.3, 0.4) is 0 Å². The molecule has 0 N–H and O–H groups in total. The highest BCUT2D eigenvalue weighted by molar-refractivity contribution is 5.96. The molecular weight excluding hydrogens is 344 g/mol. The van der Waals surface area contributed by atoms with Gasteiger partial charge in [-0.15, -0.1) is 0 Å². The van der Waals surface area contributed by atoms with E-state index >= 15 is 0 Å². The molecule has 7 heteroatoms.